The Balaban J connectivity index is 2.19. The molecule has 1 aromatic rings. The van der Waals surface area contributed by atoms with Gasteiger partial charge in [-0.3, -0.25) is 0 Å². The third-order valence-corrected chi connectivity index (χ3v) is 6.17. The third kappa shape index (κ3) is 1.07. The highest BCUT2D eigenvalue weighted by molar-refractivity contribution is 5.34. The molecule has 2 fully saturated rings. The van der Waals surface area contributed by atoms with Crippen molar-refractivity contribution in [3.63, 3.8) is 0 Å². The topological polar surface area (TPSA) is 40.5 Å². The molecule has 2 heteroatoms. The average Bonchev–Trinajstić information content (AvgIpc) is 2.65. The number of fused-ring (bicyclic) bond motifs is 2. The standard InChI is InChI=1S/C16H22O2/c1-14(2)12-9-10-15(14,3)16(18,13(12)17)11-7-5-4-6-8-11/h4-8,12-13,17-18H,9-10H2,1-3H3/t12-,13-,15-,16-/m1/s1. The zero-order valence-electron chi connectivity index (χ0n) is 11.4. The van der Waals surface area contributed by atoms with Crippen LogP contribution in [0.4, 0.5) is 0 Å². The Kier molecular flexibility index (Phi) is 2.28. The molecule has 3 rings (SSSR count). The second-order valence-corrected chi connectivity index (χ2v) is 6.78. The van der Waals surface area contributed by atoms with Crippen LogP contribution in [-0.2, 0) is 5.60 Å². The average molecular weight is 246 g/mol. The summed E-state index contributed by atoms with van der Waals surface area (Å²) in [4.78, 5) is 0. The van der Waals surface area contributed by atoms with Gasteiger partial charge in [0, 0.05) is 5.41 Å². The van der Waals surface area contributed by atoms with E-state index in [2.05, 4.69) is 20.8 Å². The lowest BCUT2D eigenvalue weighted by molar-refractivity contribution is -0.154. The lowest BCUT2D eigenvalue weighted by Crippen LogP contribution is -2.50. The van der Waals surface area contributed by atoms with E-state index in [9.17, 15) is 10.2 Å². The molecular formula is C16H22O2. The van der Waals surface area contributed by atoms with Gasteiger partial charge in [-0.25, -0.2) is 0 Å². The maximum Gasteiger partial charge on any atom is 0.121 e. The molecule has 4 atom stereocenters. The molecule has 0 saturated heterocycles. The number of aliphatic hydroxyl groups is 2. The number of benzene rings is 1. The van der Waals surface area contributed by atoms with Gasteiger partial charge in [0.1, 0.15) is 5.60 Å². The van der Waals surface area contributed by atoms with Crippen LogP contribution < -0.4 is 0 Å². The number of rotatable bonds is 1. The fourth-order valence-corrected chi connectivity index (χ4v) is 4.57. The van der Waals surface area contributed by atoms with Crippen molar-refractivity contribution in [1.82, 2.24) is 0 Å². The molecule has 0 aromatic heterocycles. The first-order valence-electron chi connectivity index (χ1n) is 6.81. The van der Waals surface area contributed by atoms with E-state index in [1.165, 1.54) is 0 Å². The van der Waals surface area contributed by atoms with Gasteiger partial charge in [0.15, 0.2) is 0 Å². The smallest absolute Gasteiger partial charge is 0.121 e. The van der Waals surface area contributed by atoms with Crippen molar-refractivity contribution in [2.45, 2.75) is 45.3 Å². The van der Waals surface area contributed by atoms with E-state index in [0.29, 0.717) is 0 Å². The molecule has 0 aliphatic heterocycles. The Bertz CT molecular complexity index is 467. The van der Waals surface area contributed by atoms with E-state index in [1.54, 1.807) is 0 Å². The zero-order chi connectivity index (χ0) is 13.2. The van der Waals surface area contributed by atoms with Crippen LogP contribution in [0.5, 0.6) is 0 Å². The molecule has 2 aliphatic carbocycles. The van der Waals surface area contributed by atoms with Crippen LogP contribution in [-0.4, -0.2) is 16.3 Å². The van der Waals surface area contributed by atoms with Gasteiger partial charge in [-0.2, -0.15) is 0 Å². The molecule has 0 heterocycles. The van der Waals surface area contributed by atoms with Gasteiger partial charge in [-0.05, 0) is 29.7 Å². The van der Waals surface area contributed by atoms with Gasteiger partial charge in [0.25, 0.3) is 0 Å². The first kappa shape index (κ1) is 12.2. The van der Waals surface area contributed by atoms with Crippen LogP contribution in [0.3, 0.4) is 0 Å². The fraction of sp³-hybridized carbons (Fsp3) is 0.625. The van der Waals surface area contributed by atoms with E-state index in [1.807, 2.05) is 30.3 Å². The minimum absolute atomic E-state index is 0.0307. The minimum Gasteiger partial charge on any atom is -0.389 e. The molecule has 0 unspecified atom stereocenters. The van der Waals surface area contributed by atoms with Gasteiger partial charge < -0.3 is 10.2 Å². The summed E-state index contributed by atoms with van der Waals surface area (Å²) >= 11 is 0. The molecule has 98 valence electrons. The van der Waals surface area contributed by atoms with Gasteiger partial charge in [0.2, 0.25) is 0 Å². The largest absolute Gasteiger partial charge is 0.389 e. The van der Waals surface area contributed by atoms with Crippen LogP contribution in [0.2, 0.25) is 0 Å². The normalized spacial score (nSPS) is 45.4. The van der Waals surface area contributed by atoms with E-state index in [0.717, 1.165) is 18.4 Å². The number of hydrogen-bond donors (Lipinski definition) is 2. The SMILES string of the molecule is CC1(C)[C@@H]2CC[C@@]1(C)[C@@](O)(c1ccccc1)[C@@H]2O. The Labute approximate surface area is 109 Å². The van der Waals surface area contributed by atoms with Crippen molar-refractivity contribution in [3.05, 3.63) is 35.9 Å². The molecule has 1 aromatic carbocycles. The van der Waals surface area contributed by atoms with Crippen molar-refractivity contribution in [1.29, 1.82) is 0 Å². The first-order chi connectivity index (χ1) is 8.36. The van der Waals surface area contributed by atoms with E-state index in [4.69, 9.17) is 0 Å². The van der Waals surface area contributed by atoms with Crippen LogP contribution in [0.25, 0.3) is 0 Å². The highest BCUT2D eigenvalue weighted by Crippen LogP contribution is 2.72. The first-order valence-corrected chi connectivity index (χ1v) is 6.81. The summed E-state index contributed by atoms with van der Waals surface area (Å²) in [6.07, 6.45) is 1.33. The summed E-state index contributed by atoms with van der Waals surface area (Å²) in [5, 5.41) is 21.9. The van der Waals surface area contributed by atoms with Gasteiger partial charge >= 0.3 is 0 Å². The van der Waals surface area contributed by atoms with Crippen molar-refractivity contribution in [3.8, 4) is 0 Å². The molecular weight excluding hydrogens is 224 g/mol. The molecule has 2 saturated carbocycles. The van der Waals surface area contributed by atoms with Crippen molar-refractivity contribution < 1.29 is 10.2 Å². The second kappa shape index (κ2) is 3.37. The molecule has 0 amide bonds. The highest BCUT2D eigenvalue weighted by atomic mass is 16.3. The third-order valence-electron chi connectivity index (χ3n) is 6.17. The van der Waals surface area contributed by atoms with Gasteiger partial charge in [-0.15, -0.1) is 0 Å². The lowest BCUT2D eigenvalue weighted by Gasteiger charge is -2.46. The quantitative estimate of drug-likeness (QED) is 0.800. The molecule has 18 heavy (non-hydrogen) atoms. The van der Waals surface area contributed by atoms with E-state index in [-0.39, 0.29) is 16.7 Å². The Hall–Kier alpha value is -0.860. The van der Waals surface area contributed by atoms with Crippen molar-refractivity contribution >= 4 is 0 Å². The van der Waals surface area contributed by atoms with Crippen LogP contribution in [0.1, 0.15) is 39.2 Å². The summed E-state index contributed by atoms with van der Waals surface area (Å²) in [7, 11) is 0. The predicted octanol–water partition coefficient (Wildman–Crippen LogP) is 2.69. The second-order valence-electron chi connectivity index (χ2n) is 6.78. The van der Waals surface area contributed by atoms with Crippen LogP contribution in [0.15, 0.2) is 30.3 Å². The van der Waals surface area contributed by atoms with Gasteiger partial charge in [0.05, 0.1) is 6.10 Å². The maximum atomic E-state index is 11.3. The minimum atomic E-state index is -1.11. The molecule has 2 bridgehead atoms. The Morgan fingerprint density at radius 3 is 2.22 bits per heavy atom. The molecule has 2 aliphatic rings. The summed E-state index contributed by atoms with van der Waals surface area (Å²) in [6.45, 7) is 6.51. The summed E-state index contributed by atoms with van der Waals surface area (Å²) in [5.74, 6) is 0.188. The van der Waals surface area contributed by atoms with E-state index < -0.39 is 11.7 Å². The lowest BCUT2D eigenvalue weighted by atomic mass is 9.62. The van der Waals surface area contributed by atoms with Crippen LogP contribution in [0, 0.1) is 16.7 Å². The number of aliphatic hydroxyl groups excluding tert-OH is 1. The molecule has 0 radical (unpaired) electrons. The number of hydrogen-bond acceptors (Lipinski definition) is 2. The summed E-state index contributed by atoms with van der Waals surface area (Å²) < 4.78 is 0. The zero-order valence-corrected chi connectivity index (χ0v) is 11.4. The summed E-state index contributed by atoms with van der Waals surface area (Å²) in [5.41, 5.74) is -0.543. The van der Waals surface area contributed by atoms with Crippen LogP contribution >= 0.6 is 0 Å². The van der Waals surface area contributed by atoms with Crippen molar-refractivity contribution in [2.75, 3.05) is 0 Å². The van der Waals surface area contributed by atoms with E-state index >= 15 is 0 Å². The van der Waals surface area contributed by atoms with Crippen molar-refractivity contribution in [2.24, 2.45) is 16.7 Å². The highest BCUT2D eigenvalue weighted by Gasteiger charge is 2.73. The van der Waals surface area contributed by atoms with Gasteiger partial charge in [-0.1, -0.05) is 51.1 Å². The Morgan fingerprint density at radius 2 is 1.72 bits per heavy atom. The predicted molar refractivity (Wildman–Crippen MR) is 71.0 cm³/mol. The molecule has 0 spiro atoms. The maximum absolute atomic E-state index is 11.3. The molecule has 2 nitrogen and oxygen atoms in total. The molecule has 2 N–H and O–H groups in total. The monoisotopic (exact) mass is 246 g/mol. The Morgan fingerprint density at radius 1 is 1.11 bits per heavy atom. The summed E-state index contributed by atoms with van der Waals surface area (Å²) in [6, 6.07) is 9.68. The fourth-order valence-electron chi connectivity index (χ4n) is 4.57.